The van der Waals surface area contributed by atoms with Gasteiger partial charge in [0.05, 0.1) is 6.61 Å². The van der Waals surface area contributed by atoms with Gasteiger partial charge in [0.1, 0.15) is 0 Å². The van der Waals surface area contributed by atoms with Gasteiger partial charge >= 0.3 is 0 Å². The number of ether oxygens (including phenoxy) is 2. The molecular formula is C15H24O4. The van der Waals surface area contributed by atoms with E-state index < -0.39 is 5.79 Å². The molecular weight excluding hydrogens is 244 g/mol. The third-order valence-electron chi connectivity index (χ3n) is 5.97. The maximum absolute atomic E-state index is 6.16. The normalized spacial score (nSPS) is 60.5. The molecule has 0 radical (unpaired) electrons. The van der Waals surface area contributed by atoms with Crippen molar-refractivity contribution in [1.29, 1.82) is 0 Å². The molecule has 1 spiro atoms. The fraction of sp³-hybridized carbons (Fsp3) is 1.00. The average Bonchev–Trinajstić information content (AvgIpc) is 2.61. The Morgan fingerprint density at radius 1 is 0.947 bits per heavy atom. The topological polar surface area (TPSA) is 36.9 Å². The van der Waals surface area contributed by atoms with Crippen LogP contribution >= 0.6 is 0 Å². The molecule has 2 bridgehead atoms. The molecule has 19 heavy (non-hydrogen) atoms. The van der Waals surface area contributed by atoms with Gasteiger partial charge in [0.25, 0.3) is 0 Å². The quantitative estimate of drug-likeness (QED) is 0.633. The smallest absolute Gasteiger partial charge is 0.201 e. The van der Waals surface area contributed by atoms with Crippen LogP contribution in [-0.2, 0) is 19.2 Å². The van der Waals surface area contributed by atoms with Crippen LogP contribution in [0.25, 0.3) is 0 Å². The minimum absolute atomic E-state index is 0.248. The van der Waals surface area contributed by atoms with Gasteiger partial charge in [0.15, 0.2) is 11.9 Å². The summed E-state index contributed by atoms with van der Waals surface area (Å²) in [6, 6.07) is 0. The van der Waals surface area contributed by atoms with Crippen molar-refractivity contribution in [2.24, 2.45) is 23.7 Å². The summed E-state index contributed by atoms with van der Waals surface area (Å²) in [6.07, 6.45) is 4.24. The Balaban J connectivity index is 1.81. The highest BCUT2D eigenvalue weighted by Gasteiger charge is 2.67. The van der Waals surface area contributed by atoms with E-state index in [0.29, 0.717) is 23.7 Å². The minimum Gasteiger partial charge on any atom is -0.349 e. The Labute approximate surface area is 114 Å². The van der Waals surface area contributed by atoms with Gasteiger partial charge in [0.2, 0.25) is 5.79 Å². The minimum atomic E-state index is -0.627. The van der Waals surface area contributed by atoms with Crippen molar-refractivity contribution in [3.63, 3.8) is 0 Å². The zero-order valence-electron chi connectivity index (χ0n) is 12.1. The highest BCUT2D eigenvalue weighted by atomic mass is 17.3. The summed E-state index contributed by atoms with van der Waals surface area (Å²) < 4.78 is 12.2. The fourth-order valence-corrected chi connectivity index (χ4v) is 4.88. The van der Waals surface area contributed by atoms with Gasteiger partial charge in [-0.15, -0.1) is 0 Å². The second-order valence-electron chi connectivity index (χ2n) is 7.22. The van der Waals surface area contributed by atoms with Crippen LogP contribution in [0.4, 0.5) is 0 Å². The molecule has 108 valence electrons. The predicted molar refractivity (Wildman–Crippen MR) is 67.9 cm³/mol. The zero-order valence-corrected chi connectivity index (χ0v) is 12.1. The SMILES string of the molecule is C[C@@H]1CCC2[C@@H](C)COC3O[C@]4(C)CCC1[C@]32OO4. The highest BCUT2D eigenvalue weighted by molar-refractivity contribution is 5.08. The number of hydrogen-bond donors (Lipinski definition) is 0. The first kappa shape index (κ1) is 12.6. The van der Waals surface area contributed by atoms with Crippen molar-refractivity contribution >= 4 is 0 Å². The summed E-state index contributed by atoms with van der Waals surface area (Å²) in [6.45, 7) is 7.36. The first-order valence-corrected chi connectivity index (χ1v) is 7.71. The lowest BCUT2D eigenvalue weighted by Gasteiger charge is -2.58. The molecule has 5 fully saturated rings. The van der Waals surface area contributed by atoms with Crippen molar-refractivity contribution in [3.05, 3.63) is 0 Å². The summed E-state index contributed by atoms with van der Waals surface area (Å²) >= 11 is 0. The van der Waals surface area contributed by atoms with E-state index in [-0.39, 0.29) is 11.9 Å². The van der Waals surface area contributed by atoms with Crippen LogP contribution in [0.2, 0.25) is 0 Å². The van der Waals surface area contributed by atoms with E-state index in [1.807, 2.05) is 6.92 Å². The Kier molecular flexibility index (Phi) is 2.61. The van der Waals surface area contributed by atoms with E-state index in [2.05, 4.69) is 13.8 Å². The lowest BCUT2D eigenvalue weighted by atomic mass is 9.58. The molecule has 4 heteroatoms. The molecule has 5 rings (SSSR count). The van der Waals surface area contributed by atoms with Crippen LogP contribution in [-0.4, -0.2) is 24.3 Å². The molecule has 7 atom stereocenters. The highest BCUT2D eigenvalue weighted by Crippen LogP contribution is 2.59. The largest absolute Gasteiger partial charge is 0.349 e. The molecule has 1 saturated carbocycles. The van der Waals surface area contributed by atoms with E-state index in [4.69, 9.17) is 19.2 Å². The molecule has 4 aliphatic heterocycles. The number of rotatable bonds is 0. The molecule has 4 nitrogen and oxygen atoms in total. The molecule has 4 heterocycles. The average molecular weight is 268 g/mol. The molecule has 0 N–H and O–H groups in total. The second kappa shape index (κ2) is 3.94. The van der Waals surface area contributed by atoms with Crippen molar-refractivity contribution in [2.45, 2.75) is 64.1 Å². The summed E-state index contributed by atoms with van der Waals surface area (Å²) in [7, 11) is 0. The molecule has 3 unspecified atom stereocenters. The summed E-state index contributed by atoms with van der Waals surface area (Å²) in [5, 5.41) is 0. The van der Waals surface area contributed by atoms with Crippen LogP contribution in [0.5, 0.6) is 0 Å². The van der Waals surface area contributed by atoms with Gasteiger partial charge in [-0.05, 0) is 43.9 Å². The molecule has 0 amide bonds. The third-order valence-corrected chi connectivity index (χ3v) is 5.97. The van der Waals surface area contributed by atoms with Gasteiger partial charge in [0, 0.05) is 12.3 Å². The monoisotopic (exact) mass is 268 g/mol. The Morgan fingerprint density at radius 3 is 2.58 bits per heavy atom. The molecule has 4 saturated heterocycles. The molecule has 5 aliphatic rings. The van der Waals surface area contributed by atoms with Crippen molar-refractivity contribution in [3.8, 4) is 0 Å². The van der Waals surface area contributed by atoms with E-state index >= 15 is 0 Å². The Bertz CT molecular complexity index is 386. The second-order valence-corrected chi connectivity index (χ2v) is 7.22. The molecule has 0 aromatic rings. The first-order chi connectivity index (χ1) is 9.05. The molecule has 0 aromatic heterocycles. The fourth-order valence-electron chi connectivity index (χ4n) is 4.88. The number of hydrogen-bond acceptors (Lipinski definition) is 4. The van der Waals surface area contributed by atoms with Crippen LogP contribution in [0.1, 0.15) is 46.5 Å². The Hall–Kier alpha value is -0.160. The maximum atomic E-state index is 6.16. The summed E-state index contributed by atoms with van der Waals surface area (Å²) in [4.78, 5) is 11.7. The Morgan fingerprint density at radius 2 is 1.74 bits per heavy atom. The third kappa shape index (κ3) is 1.54. The van der Waals surface area contributed by atoms with E-state index in [0.717, 1.165) is 19.4 Å². The van der Waals surface area contributed by atoms with Crippen LogP contribution in [0, 0.1) is 23.7 Å². The molecule has 1 aliphatic carbocycles. The van der Waals surface area contributed by atoms with E-state index in [9.17, 15) is 0 Å². The van der Waals surface area contributed by atoms with Gasteiger partial charge in [-0.2, -0.15) is 0 Å². The van der Waals surface area contributed by atoms with Gasteiger partial charge < -0.3 is 9.47 Å². The zero-order chi connectivity index (χ0) is 13.3. The molecule has 0 aromatic carbocycles. The summed E-state index contributed by atoms with van der Waals surface area (Å²) in [5.74, 6) is 1.53. The predicted octanol–water partition coefficient (Wildman–Crippen LogP) is 2.87. The van der Waals surface area contributed by atoms with Gasteiger partial charge in [-0.1, -0.05) is 13.8 Å². The van der Waals surface area contributed by atoms with Crippen LogP contribution in [0.15, 0.2) is 0 Å². The van der Waals surface area contributed by atoms with E-state index in [1.165, 1.54) is 12.8 Å². The number of fused-ring (bicyclic) bond motifs is 2. The maximum Gasteiger partial charge on any atom is 0.201 e. The van der Waals surface area contributed by atoms with Crippen molar-refractivity contribution < 1.29 is 19.2 Å². The van der Waals surface area contributed by atoms with Gasteiger partial charge in [-0.3, -0.25) is 0 Å². The van der Waals surface area contributed by atoms with Crippen molar-refractivity contribution in [2.75, 3.05) is 6.61 Å². The van der Waals surface area contributed by atoms with E-state index in [1.54, 1.807) is 0 Å². The first-order valence-electron chi connectivity index (χ1n) is 7.71. The van der Waals surface area contributed by atoms with Crippen LogP contribution in [0.3, 0.4) is 0 Å². The lowest BCUT2D eigenvalue weighted by molar-refractivity contribution is -0.566. The van der Waals surface area contributed by atoms with Crippen LogP contribution < -0.4 is 0 Å². The summed E-state index contributed by atoms with van der Waals surface area (Å²) in [5.41, 5.74) is -0.370. The van der Waals surface area contributed by atoms with Crippen molar-refractivity contribution in [1.82, 2.24) is 0 Å². The lowest BCUT2D eigenvalue weighted by Crippen LogP contribution is -2.68. The van der Waals surface area contributed by atoms with Gasteiger partial charge in [-0.25, -0.2) is 9.78 Å². The standard InChI is InChI=1S/C15H24O4/c1-9-4-5-11-10(2)8-16-13-15(11)12(9)6-7-14(3,17-13)18-19-15/h9-13H,4-8H2,1-3H3/t9-,10+,11?,12?,13?,14+,15+/m1/s1.